The van der Waals surface area contributed by atoms with E-state index < -0.39 is 9.84 Å². The highest BCUT2D eigenvalue weighted by Crippen LogP contribution is 2.28. The highest BCUT2D eigenvalue weighted by atomic mass is 35.5. The van der Waals surface area contributed by atoms with E-state index in [1.807, 2.05) is 17.5 Å². The fourth-order valence-corrected chi connectivity index (χ4v) is 5.12. The molecule has 1 saturated heterocycles. The van der Waals surface area contributed by atoms with Crippen molar-refractivity contribution in [2.75, 3.05) is 11.5 Å². The van der Waals surface area contributed by atoms with Crippen molar-refractivity contribution in [1.82, 2.24) is 0 Å². The van der Waals surface area contributed by atoms with Gasteiger partial charge in [0.25, 0.3) is 0 Å². The Kier molecular flexibility index (Phi) is 3.38. The highest BCUT2D eigenvalue weighted by molar-refractivity contribution is 7.91. The number of alkyl halides is 1. The summed E-state index contributed by atoms with van der Waals surface area (Å²) in [6.07, 6.45) is 1.52. The maximum atomic E-state index is 11.3. The number of sulfone groups is 1. The maximum absolute atomic E-state index is 11.3. The number of rotatable bonds is 3. The van der Waals surface area contributed by atoms with Gasteiger partial charge in [0.1, 0.15) is 0 Å². The summed E-state index contributed by atoms with van der Waals surface area (Å²) < 4.78 is 22.6. The van der Waals surface area contributed by atoms with Gasteiger partial charge >= 0.3 is 0 Å². The summed E-state index contributed by atoms with van der Waals surface area (Å²) in [7, 11) is -2.80. The molecule has 0 saturated carbocycles. The van der Waals surface area contributed by atoms with E-state index >= 15 is 0 Å². The fraction of sp³-hybridized carbons (Fsp3) is 0.600. The maximum Gasteiger partial charge on any atom is 0.150 e. The Morgan fingerprint density at radius 2 is 2.40 bits per heavy atom. The Bertz CT molecular complexity index is 411. The van der Waals surface area contributed by atoms with E-state index in [4.69, 9.17) is 11.6 Å². The van der Waals surface area contributed by atoms with Crippen LogP contribution in [0.5, 0.6) is 0 Å². The second-order valence-electron chi connectivity index (χ2n) is 3.96. The summed E-state index contributed by atoms with van der Waals surface area (Å²) in [5.41, 5.74) is 0. The molecule has 0 bridgehead atoms. The van der Waals surface area contributed by atoms with Crippen molar-refractivity contribution in [2.24, 2.45) is 5.92 Å². The molecule has 2 rings (SSSR count). The van der Waals surface area contributed by atoms with Crippen molar-refractivity contribution in [2.45, 2.75) is 18.2 Å². The molecule has 5 heteroatoms. The third kappa shape index (κ3) is 2.95. The van der Waals surface area contributed by atoms with E-state index in [1.165, 1.54) is 4.88 Å². The molecule has 2 nitrogen and oxygen atoms in total. The largest absolute Gasteiger partial charge is 0.229 e. The predicted molar refractivity (Wildman–Crippen MR) is 64.4 cm³/mol. The third-order valence-electron chi connectivity index (χ3n) is 2.76. The van der Waals surface area contributed by atoms with Gasteiger partial charge in [0, 0.05) is 10.3 Å². The SMILES string of the molecule is O=S1(=O)CCC(C(Cl)Cc2cccs2)C1. The van der Waals surface area contributed by atoms with Crippen molar-refractivity contribution in [1.29, 1.82) is 0 Å². The van der Waals surface area contributed by atoms with Crippen LogP contribution in [0.4, 0.5) is 0 Å². The first-order chi connectivity index (χ1) is 7.07. The molecular formula is C10H13ClO2S2. The summed E-state index contributed by atoms with van der Waals surface area (Å²) in [5, 5.41) is 1.98. The lowest BCUT2D eigenvalue weighted by Crippen LogP contribution is -2.18. The van der Waals surface area contributed by atoms with Crippen molar-refractivity contribution in [3.05, 3.63) is 22.4 Å². The van der Waals surface area contributed by atoms with Crippen LogP contribution in [-0.4, -0.2) is 25.3 Å². The molecule has 0 radical (unpaired) electrons. The molecule has 2 atom stereocenters. The first-order valence-corrected chi connectivity index (χ1v) is 8.07. The van der Waals surface area contributed by atoms with Gasteiger partial charge < -0.3 is 0 Å². The molecule has 2 heterocycles. The van der Waals surface area contributed by atoms with E-state index in [1.54, 1.807) is 11.3 Å². The minimum atomic E-state index is -2.80. The van der Waals surface area contributed by atoms with Gasteiger partial charge in [0.05, 0.1) is 11.5 Å². The molecule has 15 heavy (non-hydrogen) atoms. The lowest BCUT2D eigenvalue weighted by atomic mass is 10.0. The van der Waals surface area contributed by atoms with Gasteiger partial charge in [-0.25, -0.2) is 8.42 Å². The summed E-state index contributed by atoms with van der Waals surface area (Å²) in [6.45, 7) is 0. The second kappa shape index (κ2) is 4.44. The zero-order valence-electron chi connectivity index (χ0n) is 8.23. The van der Waals surface area contributed by atoms with E-state index in [9.17, 15) is 8.42 Å². The molecule has 84 valence electrons. The van der Waals surface area contributed by atoms with E-state index in [-0.39, 0.29) is 17.0 Å². The predicted octanol–water partition coefficient (Wildman–Crippen LogP) is 2.33. The van der Waals surface area contributed by atoms with Gasteiger partial charge in [-0.2, -0.15) is 0 Å². The molecule has 0 amide bonds. The standard InChI is InChI=1S/C10H13ClO2S2/c11-10(6-9-2-1-4-14-9)8-3-5-15(12,13)7-8/h1-2,4,8,10H,3,5-7H2. The minimum Gasteiger partial charge on any atom is -0.229 e. The molecule has 1 aliphatic heterocycles. The van der Waals surface area contributed by atoms with Gasteiger partial charge in [0.15, 0.2) is 9.84 Å². The van der Waals surface area contributed by atoms with Gasteiger partial charge in [-0.1, -0.05) is 6.07 Å². The molecule has 1 aromatic rings. The van der Waals surface area contributed by atoms with Crippen LogP contribution in [0, 0.1) is 5.92 Å². The highest BCUT2D eigenvalue weighted by Gasteiger charge is 2.32. The van der Waals surface area contributed by atoms with Crippen molar-refractivity contribution < 1.29 is 8.42 Å². The van der Waals surface area contributed by atoms with Crippen LogP contribution in [0.25, 0.3) is 0 Å². The minimum absolute atomic E-state index is 0.0408. The van der Waals surface area contributed by atoms with Crippen LogP contribution in [-0.2, 0) is 16.3 Å². The number of halogens is 1. The van der Waals surface area contributed by atoms with Crippen LogP contribution < -0.4 is 0 Å². The summed E-state index contributed by atoms with van der Waals surface area (Å²) in [6, 6.07) is 4.04. The number of thiophene rings is 1. The molecule has 2 unspecified atom stereocenters. The molecule has 1 fully saturated rings. The van der Waals surface area contributed by atoms with Crippen molar-refractivity contribution >= 4 is 32.8 Å². The molecule has 0 aliphatic carbocycles. The summed E-state index contributed by atoms with van der Waals surface area (Å²) >= 11 is 7.92. The lowest BCUT2D eigenvalue weighted by molar-refractivity contribution is 0.552. The van der Waals surface area contributed by atoms with Crippen LogP contribution in [0.15, 0.2) is 17.5 Å². The van der Waals surface area contributed by atoms with Crippen LogP contribution >= 0.6 is 22.9 Å². The quantitative estimate of drug-likeness (QED) is 0.786. The van der Waals surface area contributed by atoms with Gasteiger partial charge in [-0.3, -0.25) is 0 Å². The van der Waals surface area contributed by atoms with Crippen LogP contribution in [0.3, 0.4) is 0 Å². The van der Waals surface area contributed by atoms with E-state index in [2.05, 4.69) is 0 Å². The Morgan fingerprint density at radius 3 is 2.93 bits per heavy atom. The summed E-state index contributed by atoms with van der Waals surface area (Å²) in [4.78, 5) is 1.24. The molecule has 0 aromatic carbocycles. The monoisotopic (exact) mass is 264 g/mol. The lowest BCUT2D eigenvalue weighted by Gasteiger charge is -2.14. The molecule has 1 aromatic heterocycles. The first kappa shape index (κ1) is 11.4. The van der Waals surface area contributed by atoms with Crippen LogP contribution in [0.1, 0.15) is 11.3 Å². The number of hydrogen-bond donors (Lipinski definition) is 0. The molecule has 0 N–H and O–H groups in total. The second-order valence-corrected chi connectivity index (χ2v) is 7.78. The topological polar surface area (TPSA) is 34.1 Å². The Balaban J connectivity index is 1.95. The Morgan fingerprint density at radius 1 is 1.60 bits per heavy atom. The number of hydrogen-bond acceptors (Lipinski definition) is 3. The van der Waals surface area contributed by atoms with Crippen molar-refractivity contribution in [3.8, 4) is 0 Å². The smallest absolute Gasteiger partial charge is 0.150 e. The Hall–Kier alpha value is -0.0600. The zero-order valence-corrected chi connectivity index (χ0v) is 10.6. The summed E-state index contributed by atoms with van der Waals surface area (Å²) in [5.74, 6) is 0.719. The van der Waals surface area contributed by atoms with Gasteiger partial charge in [0.2, 0.25) is 0 Å². The molecular weight excluding hydrogens is 252 g/mol. The Labute approximate surface area is 99.2 Å². The first-order valence-electron chi connectivity index (χ1n) is 4.94. The fourth-order valence-electron chi connectivity index (χ4n) is 1.90. The zero-order chi connectivity index (χ0) is 10.9. The van der Waals surface area contributed by atoms with Crippen molar-refractivity contribution in [3.63, 3.8) is 0 Å². The van der Waals surface area contributed by atoms with E-state index in [0.29, 0.717) is 5.75 Å². The van der Waals surface area contributed by atoms with Gasteiger partial charge in [-0.05, 0) is 30.2 Å². The molecule has 1 aliphatic rings. The normalized spacial score (nSPS) is 26.6. The third-order valence-corrected chi connectivity index (χ3v) is 5.96. The average Bonchev–Trinajstić information content (AvgIpc) is 2.74. The van der Waals surface area contributed by atoms with E-state index in [0.717, 1.165) is 12.8 Å². The van der Waals surface area contributed by atoms with Crippen LogP contribution in [0.2, 0.25) is 0 Å². The van der Waals surface area contributed by atoms with Gasteiger partial charge in [-0.15, -0.1) is 22.9 Å². The average molecular weight is 265 g/mol. The molecule has 0 spiro atoms.